The predicted octanol–water partition coefficient (Wildman–Crippen LogP) is 3.25. The van der Waals surface area contributed by atoms with Gasteiger partial charge < -0.3 is 14.6 Å². The van der Waals surface area contributed by atoms with Crippen LogP contribution in [-0.4, -0.2) is 20.0 Å². The summed E-state index contributed by atoms with van der Waals surface area (Å²) in [7, 11) is 3.82. The molecule has 0 radical (unpaired) electrons. The van der Waals surface area contributed by atoms with E-state index in [1.54, 1.807) is 0 Å². The zero-order valence-electron chi connectivity index (χ0n) is 10.1. The molecule has 0 aliphatic carbocycles. The van der Waals surface area contributed by atoms with Crippen molar-refractivity contribution < 1.29 is 9.21 Å². The predicted molar refractivity (Wildman–Crippen MR) is 72.4 cm³/mol. The Labute approximate surface area is 110 Å². The molecule has 94 valence electrons. The van der Waals surface area contributed by atoms with Gasteiger partial charge in [0.25, 0.3) is 5.91 Å². The number of carbonyl (C=O) groups is 1. The fourth-order valence-electron chi connectivity index (χ4n) is 1.59. The first-order valence-electron chi connectivity index (χ1n) is 5.41. The van der Waals surface area contributed by atoms with Crippen LogP contribution in [0.2, 0.25) is 5.22 Å². The minimum atomic E-state index is -0.323. The third-order valence-corrected chi connectivity index (χ3v) is 2.63. The molecule has 0 aliphatic rings. The van der Waals surface area contributed by atoms with E-state index < -0.39 is 0 Å². The lowest BCUT2D eigenvalue weighted by molar-refractivity contribution is 0.0997. The number of hydrogen-bond donors (Lipinski definition) is 1. The third-order valence-electron chi connectivity index (χ3n) is 2.43. The van der Waals surface area contributed by atoms with Crippen molar-refractivity contribution in [3.8, 4) is 0 Å². The molecule has 0 saturated carbocycles. The molecule has 5 heteroatoms. The van der Waals surface area contributed by atoms with E-state index >= 15 is 0 Å². The Morgan fingerprint density at radius 3 is 2.56 bits per heavy atom. The Morgan fingerprint density at radius 1 is 1.22 bits per heavy atom. The fraction of sp³-hybridized carbons (Fsp3) is 0.154. The molecule has 1 aromatic heterocycles. The van der Waals surface area contributed by atoms with Gasteiger partial charge in [-0.15, -0.1) is 0 Å². The van der Waals surface area contributed by atoms with Gasteiger partial charge in [-0.25, -0.2) is 0 Å². The molecule has 0 unspecified atom stereocenters. The van der Waals surface area contributed by atoms with Crippen molar-refractivity contribution in [3.05, 3.63) is 47.4 Å². The van der Waals surface area contributed by atoms with E-state index in [2.05, 4.69) is 5.32 Å². The smallest absolute Gasteiger partial charge is 0.291 e. The molecule has 0 bridgehead atoms. The summed E-state index contributed by atoms with van der Waals surface area (Å²) in [5, 5.41) is 2.98. The monoisotopic (exact) mass is 264 g/mol. The highest BCUT2D eigenvalue weighted by atomic mass is 35.5. The Hall–Kier alpha value is -1.94. The van der Waals surface area contributed by atoms with Crippen molar-refractivity contribution >= 4 is 28.9 Å². The Kier molecular flexibility index (Phi) is 3.58. The van der Waals surface area contributed by atoms with Crippen molar-refractivity contribution in [1.29, 1.82) is 0 Å². The highest BCUT2D eigenvalue weighted by Crippen LogP contribution is 2.24. The lowest BCUT2D eigenvalue weighted by Gasteiger charge is -2.17. The van der Waals surface area contributed by atoms with Gasteiger partial charge in [-0.1, -0.05) is 12.1 Å². The molecular formula is C13H13ClN2O2. The van der Waals surface area contributed by atoms with E-state index in [0.29, 0.717) is 0 Å². The van der Waals surface area contributed by atoms with Crippen LogP contribution in [-0.2, 0) is 0 Å². The van der Waals surface area contributed by atoms with Gasteiger partial charge in [0.15, 0.2) is 11.0 Å². The van der Waals surface area contributed by atoms with Crippen LogP contribution < -0.4 is 10.2 Å². The number of carbonyl (C=O) groups excluding carboxylic acids is 1. The molecule has 1 heterocycles. The maximum Gasteiger partial charge on any atom is 0.291 e. The highest BCUT2D eigenvalue weighted by molar-refractivity contribution is 6.29. The fourth-order valence-corrected chi connectivity index (χ4v) is 1.74. The molecule has 2 rings (SSSR count). The van der Waals surface area contributed by atoms with Gasteiger partial charge >= 0.3 is 0 Å². The van der Waals surface area contributed by atoms with Crippen LogP contribution in [0.25, 0.3) is 0 Å². The van der Waals surface area contributed by atoms with Crippen molar-refractivity contribution in [3.63, 3.8) is 0 Å². The van der Waals surface area contributed by atoms with Gasteiger partial charge in [0.05, 0.1) is 11.4 Å². The van der Waals surface area contributed by atoms with Crippen LogP contribution in [0.15, 0.2) is 40.8 Å². The molecular weight excluding hydrogens is 252 g/mol. The number of benzene rings is 1. The molecule has 0 fully saturated rings. The lowest BCUT2D eigenvalue weighted by atomic mass is 10.2. The first-order valence-corrected chi connectivity index (χ1v) is 5.79. The molecule has 1 aromatic carbocycles. The number of nitrogens with zero attached hydrogens (tertiary/aromatic N) is 1. The zero-order chi connectivity index (χ0) is 13.1. The summed E-state index contributed by atoms with van der Waals surface area (Å²) in [6, 6.07) is 10.6. The SMILES string of the molecule is CN(C)c1ccccc1NC(=O)c1ccc(Cl)o1. The van der Waals surface area contributed by atoms with Crippen LogP contribution in [0.4, 0.5) is 11.4 Å². The summed E-state index contributed by atoms with van der Waals surface area (Å²) in [5.41, 5.74) is 1.64. The molecule has 1 N–H and O–H groups in total. The molecule has 0 aliphatic heterocycles. The minimum Gasteiger partial charge on any atom is -0.440 e. The lowest BCUT2D eigenvalue weighted by Crippen LogP contribution is -2.16. The topological polar surface area (TPSA) is 45.5 Å². The van der Waals surface area contributed by atoms with E-state index in [1.807, 2.05) is 43.3 Å². The number of rotatable bonds is 3. The van der Waals surface area contributed by atoms with E-state index in [9.17, 15) is 4.79 Å². The average Bonchev–Trinajstić information content (AvgIpc) is 2.76. The number of amides is 1. The number of para-hydroxylation sites is 2. The van der Waals surface area contributed by atoms with Crippen LogP contribution in [0.1, 0.15) is 10.6 Å². The zero-order valence-corrected chi connectivity index (χ0v) is 10.9. The van der Waals surface area contributed by atoms with Crippen molar-refractivity contribution in [2.24, 2.45) is 0 Å². The third kappa shape index (κ3) is 2.65. The summed E-state index contributed by atoms with van der Waals surface area (Å²) >= 11 is 5.63. The van der Waals surface area contributed by atoms with Crippen LogP contribution >= 0.6 is 11.6 Å². The summed E-state index contributed by atoms with van der Waals surface area (Å²) in [4.78, 5) is 13.8. The summed E-state index contributed by atoms with van der Waals surface area (Å²) in [5.74, 6) is -0.134. The number of furan rings is 1. The van der Waals surface area contributed by atoms with Gasteiger partial charge in [0.2, 0.25) is 0 Å². The van der Waals surface area contributed by atoms with Gasteiger partial charge in [-0.05, 0) is 35.9 Å². The van der Waals surface area contributed by atoms with Crippen molar-refractivity contribution in [2.45, 2.75) is 0 Å². The van der Waals surface area contributed by atoms with Gasteiger partial charge in [0, 0.05) is 14.1 Å². The van der Waals surface area contributed by atoms with Crippen molar-refractivity contribution in [1.82, 2.24) is 0 Å². The largest absolute Gasteiger partial charge is 0.440 e. The molecule has 0 spiro atoms. The number of nitrogens with one attached hydrogen (secondary N) is 1. The van der Waals surface area contributed by atoms with Gasteiger partial charge in [-0.2, -0.15) is 0 Å². The maximum absolute atomic E-state index is 11.9. The Morgan fingerprint density at radius 2 is 1.94 bits per heavy atom. The quantitative estimate of drug-likeness (QED) is 0.926. The second-order valence-corrected chi connectivity index (χ2v) is 4.34. The molecule has 0 atom stereocenters. The first kappa shape index (κ1) is 12.5. The minimum absolute atomic E-state index is 0.188. The number of halogens is 1. The number of hydrogen-bond acceptors (Lipinski definition) is 3. The van der Waals surface area contributed by atoms with E-state index in [0.717, 1.165) is 11.4 Å². The molecule has 1 amide bonds. The molecule has 2 aromatic rings. The second-order valence-electron chi connectivity index (χ2n) is 3.97. The van der Waals surface area contributed by atoms with E-state index in [4.69, 9.17) is 16.0 Å². The molecule has 4 nitrogen and oxygen atoms in total. The van der Waals surface area contributed by atoms with Gasteiger partial charge in [-0.3, -0.25) is 4.79 Å². The number of anilines is 2. The summed E-state index contributed by atoms with van der Waals surface area (Å²) in [6.07, 6.45) is 0. The second kappa shape index (κ2) is 5.14. The Bertz CT molecular complexity index is 564. The maximum atomic E-state index is 11.9. The molecule has 18 heavy (non-hydrogen) atoms. The normalized spacial score (nSPS) is 10.2. The summed E-state index contributed by atoms with van der Waals surface area (Å²) in [6.45, 7) is 0. The molecule has 0 saturated heterocycles. The Balaban J connectivity index is 2.22. The van der Waals surface area contributed by atoms with E-state index in [1.165, 1.54) is 12.1 Å². The van der Waals surface area contributed by atoms with Crippen LogP contribution in [0, 0.1) is 0 Å². The average molecular weight is 265 g/mol. The van der Waals surface area contributed by atoms with Crippen molar-refractivity contribution in [2.75, 3.05) is 24.3 Å². The highest BCUT2D eigenvalue weighted by Gasteiger charge is 2.13. The van der Waals surface area contributed by atoms with Crippen LogP contribution in [0.5, 0.6) is 0 Å². The van der Waals surface area contributed by atoms with Gasteiger partial charge in [0.1, 0.15) is 0 Å². The summed E-state index contributed by atoms with van der Waals surface area (Å²) < 4.78 is 5.06. The standard InChI is InChI=1S/C13H13ClN2O2/c1-16(2)10-6-4-3-5-9(10)15-13(17)11-7-8-12(14)18-11/h3-8H,1-2H3,(H,15,17). The first-order chi connectivity index (χ1) is 8.58. The van der Waals surface area contributed by atoms with Crippen LogP contribution in [0.3, 0.4) is 0 Å². The van der Waals surface area contributed by atoms with E-state index in [-0.39, 0.29) is 16.9 Å².